The highest BCUT2D eigenvalue weighted by Gasteiger charge is 2.17. The summed E-state index contributed by atoms with van der Waals surface area (Å²) in [5.74, 6) is 0.00554. The highest BCUT2D eigenvalue weighted by Crippen LogP contribution is 2.29. The molecule has 0 radical (unpaired) electrons. The van der Waals surface area contributed by atoms with Crippen molar-refractivity contribution in [3.8, 4) is 11.8 Å². The lowest BCUT2D eigenvalue weighted by Crippen LogP contribution is -2.23. The molecular weight excluding hydrogens is 429 g/mol. The van der Waals surface area contributed by atoms with Gasteiger partial charge in [-0.15, -0.1) is 0 Å². The molecule has 4 aromatic rings. The number of benzene rings is 3. The Morgan fingerprint density at radius 2 is 1.79 bits per heavy atom. The molecule has 0 aliphatic rings. The van der Waals surface area contributed by atoms with E-state index in [4.69, 9.17) is 4.74 Å². The predicted molar refractivity (Wildman–Crippen MR) is 131 cm³/mol. The number of carbonyl (C=O) groups excluding carboxylic acids is 1. The fourth-order valence-corrected chi connectivity index (χ4v) is 3.95. The fourth-order valence-electron chi connectivity index (χ4n) is 3.95. The Morgan fingerprint density at radius 1 is 1.09 bits per heavy atom. The van der Waals surface area contributed by atoms with Crippen LogP contribution in [-0.4, -0.2) is 17.6 Å². The molecule has 5 nitrogen and oxygen atoms in total. The quantitative estimate of drug-likeness (QED) is 0.302. The highest BCUT2D eigenvalue weighted by molar-refractivity contribution is 6.04. The van der Waals surface area contributed by atoms with Gasteiger partial charge in [0.1, 0.15) is 23.2 Å². The van der Waals surface area contributed by atoms with Crippen molar-refractivity contribution in [2.24, 2.45) is 0 Å². The van der Waals surface area contributed by atoms with Crippen molar-refractivity contribution in [3.63, 3.8) is 0 Å². The number of rotatable bonds is 7. The number of carbonyl (C=O) groups is 1. The van der Waals surface area contributed by atoms with Gasteiger partial charge < -0.3 is 14.6 Å². The van der Waals surface area contributed by atoms with E-state index in [1.54, 1.807) is 31.4 Å². The Kier molecular flexibility index (Phi) is 6.74. The number of hydrogen-bond donors (Lipinski definition) is 1. The maximum absolute atomic E-state index is 14.3. The Hall–Kier alpha value is -4.37. The zero-order valence-corrected chi connectivity index (χ0v) is 19.0. The van der Waals surface area contributed by atoms with E-state index in [9.17, 15) is 14.4 Å². The van der Waals surface area contributed by atoms with Crippen LogP contribution in [0.5, 0.6) is 5.75 Å². The molecule has 0 fully saturated rings. The van der Waals surface area contributed by atoms with E-state index in [0.717, 1.165) is 33.5 Å². The molecule has 170 valence electrons. The molecule has 0 saturated carbocycles. The number of methoxy groups -OCH3 is 1. The van der Waals surface area contributed by atoms with Crippen molar-refractivity contribution in [1.29, 1.82) is 5.26 Å². The maximum atomic E-state index is 14.3. The van der Waals surface area contributed by atoms with Crippen LogP contribution in [0, 0.1) is 24.1 Å². The molecule has 4 rings (SSSR count). The van der Waals surface area contributed by atoms with Gasteiger partial charge in [-0.3, -0.25) is 4.79 Å². The third kappa shape index (κ3) is 4.69. The third-order valence-electron chi connectivity index (χ3n) is 5.83. The summed E-state index contributed by atoms with van der Waals surface area (Å²) in [4.78, 5) is 12.8. The van der Waals surface area contributed by atoms with Gasteiger partial charge in [-0.2, -0.15) is 5.26 Å². The molecular formula is C28H24FN3O2. The first kappa shape index (κ1) is 22.8. The van der Waals surface area contributed by atoms with Gasteiger partial charge in [0.2, 0.25) is 0 Å². The third-order valence-corrected chi connectivity index (χ3v) is 5.83. The normalized spacial score (nSPS) is 11.3. The number of halogens is 1. The van der Waals surface area contributed by atoms with Crippen molar-refractivity contribution in [1.82, 2.24) is 9.88 Å². The Labute approximate surface area is 197 Å². The molecule has 1 N–H and O–H groups in total. The molecule has 0 spiro atoms. The first-order valence-electron chi connectivity index (χ1n) is 10.9. The van der Waals surface area contributed by atoms with Crippen LogP contribution < -0.4 is 10.1 Å². The van der Waals surface area contributed by atoms with Crippen LogP contribution in [0.15, 0.2) is 78.4 Å². The van der Waals surface area contributed by atoms with Gasteiger partial charge in [-0.1, -0.05) is 48.5 Å². The van der Waals surface area contributed by atoms with Crippen molar-refractivity contribution < 1.29 is 13.9 Å². The van der Waals surface area contributed by atoms with Crippen molar-refractivity contribution in [3.05, 3.63) is 107 Å². The van der Waals surface area contributed by atoms with Crippen molar-refractivity contribution >= 4 is 22.9 Å². The Bertz CT molecular complexity index is 1410. The Balaban J connectivity index is 1.64. The summed E-state index contributed by atoms with van der Waals surface area (Å²) in [7, 11) is 1.59. The molecule has 0 unspecified atom stereocenters. The van der Waals surface area contributed by atoms with E-state index in [2.05, 4.69) is 5.32 Å². The molecule has 34 heavy (non-hydrogen) atoms. The van der Waals surface area contributed by atoms with Gasteiger partial charge in [-0.25, -0.2) is 4.39 Å². The second-order valence-corrected chi connectivity index (χ2v) is 7.89. The molecule has 0 saturated heterocycles. The second-order valence-electron chi connectivity index (χ2n) is 7.89. The molecule has 0 atom stereocenters. The fraction of sp³-hybridized carbons (Fsp3) is 0.143. The summed E-state index contributed by atoms with van der Waals surface area (Å²) in [6.45, 7) is 2.55. The number of aromatic nitrogens is 1. The predicted octanol–water partition coefficient (Wildman–Crippen LogP) is 5.37. The lowest BCUT2D eigenvalue weighted by molar-refractivity contribution is -0.117. The molecule has 1 heterocycles. The molecule has 0 aliphatic heterocycles. The van der Waals surface area contributed by atoms with E-state index >= 15 is 0 Å². The van der Waals surface area contributed by atoms with Crippen LogP contribution in [0.4, 0.5) is 4.39 Å². The summed E-state index contributed by atoms with van der Waals surface area (Å²) in [5, 5.41) is 13.4. The van der Waals surface area contributed by atoms with Crippen LogP contribution in [-0.2, 0) is 17.9 Å². The minimum absolute atomic E-state index is 0.00501. The number of amides is 1. The zero-order chi connectivity index (χ0) is 24.1. The highest BCUT2D eigenvalue weighted by atomic mass is 19.1. The summed E-state index contributed by atoms with van der Waals surface area (Å²) >= 11 is 0. The number of nitrogens with one attached hydrogen (secondary N) is 1. The summed E-state index contributed by atoms with van der Waals surface area (Å²) in [5.41, 5.74) is 3.99. The number of ether oxygens (including phenoxy) is 1. The van der Waals surface area contributed by atoms with Crippen LogP contribution in [0.25, 0.3) is 17.0 Å². The number of fused-ring (bicyclic) bond motifs is 1. The topological polar surface area (TPSA) is 67.0 Å². The molecule has 0 aliphatic carbocycles. The van der Waals surface area contributed by atoms with Crippen molar-refractivity contribution in [2.75, 3.05) is 7.11 Å². The largest absolute Gasteiger partial charge is 0.497 e. The summed E-state index contributed by atoms with van der Waals surface area (Å²) in [6, 6.07) is 23.8. The molecule has 1 amide bonds. The minimum Gasteiger partial charge on any atom is -0.497 e. The minimum atomic E-state index is -0.455. The van der Waals surface area contributed by atoms with Gasteiger partial charge in [0.05, 0.1) is 13.7 Å². The van der Waals surface area contributed by atoms with Gasteiger partial charge in [0.15, 0.2) is 0 Å². The van der Waals surface area contributed by atoms with E-state index in [0.29, 0.717) is 12.1 Å². The maximum Gasteiger partial charge on any atom is 0.262 e. The first-order chi connectivity index (χ1) is 16.5. The van der Waals surface area contributed by atoms with Crippen LogP contribution in [0.3, 0.4) is 0 Å². The lowest BCUT2D eigenvalue weighted by Gasteiger charge is -2.09. The molecule has 1 aromatic heterocycles. The number of nitriles is 1. The molecule has 6 heteroatoms. The smallest absolute Gasteiger partial charge is 0.262 e. The average Bonchev–Trinajstić information content (AvgIpc) is 3.13. The molecule has 0 bridgehead atoms. The van der Waals surface area contributed by atoms with Gasteiger partial charge in [0, 0.05) is 34.3 Å². The number of para-hydroxylation sites is 1. The monoisotopic (exact) mass is 453 g/mol. The van der Waals surface area contributed by atoms with Crippen LogP contribution in [0.2, 0.25) is 0 Å². The van der Waals surface area contributed by atoms with Crippen molar-refractivity contribution in [2.45, 2.75) is 20.0 Å². The first-order valence-corrected chi connectivity index (χ1v) is 10.9. The second kappa shape index (κ2) is 10.1. The summed E-state index contributed by atoms with van der Waals surface area (Å²) < 4.78 is 21.5. The van der Waals surface area contributed by atoms with Crippen LogP contribution in [0.1, 0.15) is 22.4 Å². The van der Waals surface area contributed by atoms with Gasteiger partial charge in [-0.05, 0) is 42.8 Å². The summed E-state index contributed by atoms with van der Waals surface area (Å²) in [6.07, 6.45) is 1.61. The Morgan fingerprint density at radius 3 is 2.50 bits per heavy atom. The van der Waals surface area contributed by atoms with E-state index in [-0.39, 0.29) is 17.9 Å². The standard InChI is InChI=1S/C28H24FN3O2/c1-19-25(15-22(16-30)28(33)31-17-20-11-13-23(34-2)14-12-20)24-8-4-6-10-27(24)32(19)18-21-7-3-5-9-26(21)29/h3-15H,17-18H2,1-2H3,(H,31,33)/b22-15+. The van der Waals surface area contributed by atoms with Crippen LogP contribution >= 0.6 is 0 Å². The van der Waals surface area contributed by atoms with E-state index in [1.165, 1.54) is 6.07 Å². The van der Waals surface area contributed by atoms with E-state index < -0.39 is 5.91 Å². The number of nitrogens with zero attached hydrogens (tertiary/aromatic N) is 2. The van der Waals surface area contributed by atoms with E-state index in [1.807, 2.05) is 66.1 Å². The SMILES string of the molecule is COc1ccc(CNC(=O)/C(C#N)=C/c2c(C)n(Cc3ccccc3F)c3ccccc23)cc1. The van der Waals surface area contributed by atoms with Gasteiger partial charge in [0.25, 0.3) is 5.91 Å². The molecule has 3 aromatic carbocycles. The zero-order valence-electron chi connectivity index (χ0n) is 19.0. The lowest BCUT2D eigenvalue weighted by atomic mass is 10.1. The average molecular weight is 454 g/mol. The van der Waals surface area contributed by atoms with Gasteiger partial charge >= 0.3 is 0 Å². The number of hydrogen-bond acceptors (Lipinski definition) is 3.